The minimum atomic E-state index is 0.713. The van der Waals surface area contributed by atoms with Crippen molar-refractivity contribution in [3.05, 3.63) is 47.5 Å². The molecule has 0 unspecified atom stereocenters. The van der Waals surface area contributed by atoms with Gasteiger partial charge in [0, 0.05) is 36.0 Å². The smallest absolute Gasteiger partial charge is 0.0466 e. The summed E-state index contributed by atoms with van der Waals surface area (Å²) in [5.41, 5.74) is 28.6. The fourth-order valence-corrected chi connectivity index (χ4v) is 2.82. The van der Waals surface area contributed by atoms with Gasteiger partial charge in [0.15, 0.2) is 0 Å². The highest BCUT2D eigenvalue weighted by molar-refractivity contribution is 5.57. The van der Waals surface area contributed by atoms with Gasteiger partial charge in [-0.15, -0.1) is 0 Å². The number of nitrogens with two attached hydrogens (primary N) is 4. The van der Waals surface area contributed by atoms with Crippen LogP contribution in [0.4, 0.5) is 22.7 Å². The van der Waals surface area contributed by atoms with Crippen molar-refractivity contribution in [1.82, 2.24) is 0 Å². The summed E-state index contributed by atoms with van der Waals surface area (Å²) in [5.74, 6) is 0. The molecular weight excluding hydrogens is 312 g/mol. The van der Waals surface area contributed by atoms with Crippen LogP contribution >= 0.6 is 0 Å². The summed E-state index contributed by atoms with van der Waals surface area (Å²) in [4.78, 5) is 0. The van der Waals surface area contributed by atoms with E-state index in [4.69, 9.17) is 27.7 Å². The molecule has 2 rings (SSSR count). The Morgan fingerprint density at radius 1 is 0.600 bits per heavy atom. The highest BCUT2D eigenvalue weighted by Gasteiger charge is 2.01. The molecule has 0 aromatic heterocycles. The van der Waals surface area contributed by atoms with Gasteiger partial charge in [0.25, 0.3) is 0 Å². The summed E-state index contributed by atoms with van der Waals surface area (Å²) >= 11 is 0. The predicted octanol–water partition coefficient (Wildman–Crippen LogP) is 3.38. The monoisotopic (exact) mass is 342 g/mol. The van der Waals surface area contributed by atoms with Gasteiger partial charge in [-0.1, -0.05) is 12.1 Å². The molecule has 0 heterocycles. The fraction of sp³-hybridized carbons (Fsp3) is 0.400. The molecule has 0 spiro atoms. The Labute approximate surface area is 150 Å². The molecule has 0 fully saturated rings. The van der Waals surface area contributed by atoms with Crippen molar-refractivity contribution >= 4 is 22.7 Å². The minimum absolute atomic E-state index is 0.713. The number of ether oxygens (including phenoxy) is 1. The summed E-state index contributed by atoms with van der Waals surface area (Å²) in [6.07, 6.45) is 6.13. The third kappa shape index (κ3) is 6.55. The number of benzene rings is 2. The number of aryl methyl sites for hydroxylation is 2. The standard InChI is InChI=1S/C20H30N4O/c21-17-9-7-15(19(23)13-17)5-1-3-11-25-12-4-2-6-16-8-10-18(22)14-20(16)24/h7-10,13-14H,1-6,11-12,21-24H2. The maximum absolute atomic E-state index is 5.96. The molecule has 0 aliphatic heterocycles. The van der Waals surface area contributed by atoms with Crippen LogP contribution in [-0.4, -0.2) is 13.2 Å². The quantitative estimate of drug-likeness (QED) is 0.390. The van der Waals surface area contributed by atoms with E-state index in [-0.39, 0.29) is 0 Å². The zero-order valence-corrected chi connectivity index (χ0v) is 14.8. The molecule has 0 aliphatic rings. The van der Waals surface area contributed by atoms with Gasteiger partial charge in [-0.05, 0) is 73.9 Å². The first-order valence-corrected chi connectivity index (χ1v) is 8.92. The summed E-state index contributed by atoms with van der Waals surface area (Å²) in [6, 6.07) is 11.5. The first kappa shape index (κ1) is 18.9. The van der Waals surface area contributed by atoms with E-state index < -0.39 is 0 Å². The number of hydrogen-bond acceptors (Lipinski definition) is 5. The zero-order chi connectivity index (χ0) is 18.1. The predicted molar refractivity (Wildman–Crippen MR) is 107 cm³/mol. The molecule has 5 heteroatoms. The van der Waals surface area contributed by atoms with Gasteiger partial charge in [-0.2, -0.15) is 0 Å². The number of unbranched alkanes of at least 4 members (excludes halogenated alkanes) is 2. The molecule has 25 heavy (non-hydrogen) atoms. The molecule has 0 saturated heterocycles. The average Bonchev–Trinajstić information content (AvgIpc) is 2.56. The van der Waals surface area contributed by atoms with E-state index in [1.54, 1.807) is 0 Å². The van der Waals surface area contributed by atoms with Gasteiger partial charge < -0.3 is 27.7 Å². The lowest BCUT2D eigenvalue weighted by molar-refractivity contribution is 0.127. The van der Waals surface area contributed by atoms with Crippen molar-refractivity contribution in [2.75, 3.05) is 36.1 Å². The molecule has 8 N–H and O–H groups in total. The van der Waals surface area contributed by atoms with Gasteiger partial charge in [0.05, 0.1) is 0 Å². The van der Waals surface area contributed by atoms with Gasteiger partial charge in [0.1, 0.15) is 0 Å². The van der Waals surface area contributed by atoms with E-state index in [9.17, 15) is 0 Å². The van der Waals surface area contributed by atoms with E-state index in [1.807, 2.05) is 36.4 Å². The van der Waals surface area contributed by atoms with E-state index in [0.29, 0.717) is 11.4 Å². The van der Waals surface area contributed by atoms with Crippen molar-refractivity contribution in [2.24, 2.45) is 0 Å². The molecule has 0 bridgehead atoms. The van der Waals surface area contributed by atoms with Crippen molar-refractivity contribution in [3.63, 3.8) is 0 Å². The fourth-order valence-electron chi connectivity index (χ4n) is 2.82. The van der Waals surface area contributed by atoms with Gasteiger partial charge in [0.2, 0.25) is 0 Å². The summed E-state index contributed by atoms with van der Waals surface area (Å²) in [7, 11) is 0. The van der Waals surface area contributed by atoms with Crippen LogP contribution in [0.15, 0.2) is 36.4 Å². The first-order chi connectivity index (χ1) is 12.1. The molecule has 0 saturated carbocycles. The van der Waals surface area contributed by atoms with Crippen molar-refractivity contribution in [2.45, 2.75) is 38.5 Å². The maximum Gasteiger partial charge on any atom is 0.0466 e. The van der Waals surface area contributed by atoms with Gasteiger partial charge in [-0.25, -0.2) is 0 Å². The lowest BCUT2D eigenvalue weighted by Crippen LogP contribution is -2.01. The SMILES string of the molecule is Nc1ccc(CCCCOCCCCc2ccc(N)cc2N)c(N)c1. The topological polar surface area (TPSA) is 113 Å². The Bertz CT molecular complexity index is 615. The third-order valence-electron chi connectivity index (χ3n) is 4.31. The molecule has 0 radical (unpaired) electrons. The van der Waals surface area contributed by atoms with Gasteiger partial charge >= 0.3 is 0 Å². The molecule has 2 aromatic carbocycles. The van der Waals surface area contributed by atoms with Crippen LogP contribution in [0.3, 0.4) is 0 Å². The molecular formula is C20H30N4O. The number of nitrogen functional groups attached to an aromatic ring is 4. The second-order valence-corrected chi connectivity index (χ2v) is 6.44. The van der Waals surface area contributed by atoms with Crippen LogP contribution < -0.4 is 22.9 Å². The molecule has 5 nitrogen and oxygen atoms in total. The van der Waals surface area contributed by atoms with E-state index in [2.05, 4.69) is 0 Å². The van der Waals surface area contributed by atoms with Gasteiger partial charge in [-0.3, -0.25) is 0 Å². The molecule has 2 aromatic rings. The lowest BCUT2D eigenvalue weighted by Gasteiger charge is -2.08. The van der Waals surface area contributed by atoms with Crippen molar-refractivity contribution < 1.29 is 4.74 Å². The molecule has 0 aliphatic carbocycles. The van der Waals surface area contributed by atoms with Crippen LogP contribution in [0.5, 0.6) is 0 Å². The highest BCUT2D eigenvalue weighted by atomic mass is 16.5. The normalized spacial score (nSPS) is 10.9. The number of anilines is 4. The summed E-state index contributed by atoms with van der Waals surface area (Å²) in [5, 5.41) is 0. The van der Waals surface area contributed by atoms with Crippen molar-refractivity contribution in [3.8, 4) is 0 Å². The molecule has 0 amide bonds. The van der Waals surface area contributed by atoms with Crippen LogP contribution in [0.25, 0.3) is 0 Å². The maximum atomic E-state index is 5.96. The highest BCUT2D eigenvalue weighted by Crippen LogP contribution is 2.19. The molecule has 136 valence electrons. The Hall–Kier alpha value is -2.40. The number of rotatable bonds is 10. The first-order valence-electron chi connectivity index (χ1n) is 8.92. The summed E-state index contributed by atoms with van der Waals surface area (Å²) < 4.78 is 5.71. The van der Waals surface area contributed by atoms with Crippen LogP contribution in [0, 0.1) is 0 Å². The van der Waals surface area contributed by atoms with E-state index in [1.165, 1.54) is 0 Å². The van der Waals surface area contributed by atoms with Crippen LogP contribution in [-0.2, 0) is 17.6 Å². The second-order valence-electron chi connectivity index (χ2n) is 6.44. The minimum Gasteiger partial charge on any atom is -0.399 e. The van der Waals surface area contributed by atoms with Crippen LogP contribution in [0.2, 0.25) is 0 Å². The summed E-state index contributed by atoms with van der Waals surface area (Å²) in [6.45, 7) is 1.58. The molecule has 0 atom stereocenters. The average molecular weight is 342 g/mol. The number of hydrogen-bond donors (Lipinski definition) is 4. The lowest BCUT2D eigenvalue weighted by atomic mass is 10.1. The zero-order valence-electron chi connectivity index (χ0n) is 14.8. The second kappa shape index (κ2) is 9.79. The Kier molecular flexibility index (Phi) is 7.41. The van der Waals surface area contributed by atoms with E-state index in [0.717, 1.165) is 74.2 Å². The van der Waals surface area contributed by atoms with Crippen molar-refractivity contribution in [1.29, 1.82) is 0 Å². The Morgan fingerprint density at radius 3 is 1.44 bits per heavy atom. The van der Waals surface area contributed by atoms with Crippen LogP contribution in [0.1, 0.15) is 36.8 Å². The largest absolute Gasteiger partial charge is 0.399 e. The third-order valence-corrected chi connectivity index (χ3v) is 4.31. The Morgan fingerprint density at radius 2 is 1.04 bits per heavy atom. The Balaban J connectivity index is 1.51. The van der Waals surface area contributed by atoms with E-state index >= 15 is 0 Å².